The molecule has 3 aromatic rings. The summed E-state index contributed by atoms with van der Waals surface area (Å²) in [7, 11) is 0. The van der Waals surface area contributed by atoms with Crippen molar-refractivity contribution in [2.45, 2.75) is 6.92 Å². The fourth-order valence-corrected chi connectivity index (χ4v) is 2.29. The molecule has 0 bridgehead atoms. The lowest BCUT2D eigenvalue weighted by molar-refractivity contribution is -0.128. The number of aryl methyl sites for hydroxylation is 1. The fourth-order valence-electron chi connectivity index (χ4n) is 2.29. The Morgan fingerprint density at radius 3 is 2.75 bits per heavy atom. The zero-order chi connectivity index (χ0) is 17.1. The minimum Gasteiger partial charge on any atom is -0.423 e. The molecule has 0 atom stereocenters. The molecule has 3 rings (SSSR count). The van der Waals surface area contributed by atoms with Crippen molar-refractivity contribution < 1.29 is 18.3 Å². The number of rotatable bonds is 3. The molecule has 0 unspecified atom stereocenters. The van der Waals surface area contributed by atoms with Gasteiger partial charge in [0.15, 0.2) is 0 Å². The first kappa shape index (κ1) is 15.7. The van der Waals surface area contributed by atoms with E-state index in [-0.39, 0.29) is 11.3 Å². The maximum absolute atomic E-state index is 13.5. The molecule has 24 heavy (non-hydrogen) atoms. The average molecular weight is 324 g/mol. The van der Waals surface area contributed by atoms with Gasteiger partial charge >= 0.3 is 11.6 Å². The summed E-state index contributed by atoms with van der Waals surface area (Å²) >= 11 is 0. The quantitative estimate of drug-likeness (QED) is 0.318. The van der Waals surface area contributed by atoms with Gasteiger partial charge in [0.1, 0.15) is 17.1 Å². The molecule has 5 heteroatoms. The lowest BCUT2D eigenvalue weighted by Crippen LogP contribution is -2.04. The summed E-state index contributed by atoms with van der Waals surface area (Å²) in [5.74, 6) is -0.850. The van der Waals surface area contributed by atoms with Crippen molar-refractivity contribution in [3.8, 4) is 5.75 Å². The standard InChI is InChI=1S/C19H13FO4/c1-12-10-19(22)24-17-11-14(7-8-15(12)17)23-18(21)9-6-13-4-2-3-5-16(13)20/h2-11H,1H3/b9-6+. The Hall–Kier alpha value is -3.21. The Kier molecular flexibility index (Phi) is 4.24. The second kappa shape index (κ2) is 6.50. The third-order valence-electron chi connectivity index (χ3n) is 3.45. The van der Waals surface area contributed by atoms with Gasteiger partial charge in [-0.3, -0.25) is 0 Å². The molecular weight excluding hydrogens is 311 g/mol. The summed E-state index contributed by atoms with van der Waals surface area (Å²) < 4.78 is 23.7. The molecule has 0 aliphatic rings. The molecule has 1 heterocycles. The predicted molar refractivity (Wildman–Crippen MR) is 88.3 cm³/mol. The molecule has 0 radical (unpaired) electrons. The maximum atomic E-state index is 13.5. The Balaban J connectivity index is 1.81. The van der Waals surface area contributed by atoms with Crippen LogP contribution in [0.3, 0.4) is 0 Å². The molecule has 0 N–H and O–H groups in total. The number of esters is 1. The summed E-state index contributed by atoms with van der Waals surface area (Å²) in [6.07, 6.45) is 2.47. The first-order valence-corrected chi connectivity index (χ1v) is 7.22. The monoisotopic (exact) mass is 324 g/mol. The van der Waals surface area contributed by atoms with E-state index in [1.165, 1.54) is 24.3 Å². The molecule has 0 aliphatic carbocycles. The Bertz CT molecular complexity index is 1000. The highest BCUT2D eigenvalue weighted by molar-refractivity contribution is 5.89. The van der Waals surface area contributed by atoms with Crippen LogP contribution in [0.1, 0.15) is 11.1 Å². The first-order valence-electron chi connectivity index (χ1n) is 7.22. The van der Waals surface area contributed by atoms with E-state index >= 15 is 0 Å². The number of hydrogen-bond donors (Lipinski definition) is 0. The van der Waals surface area contributed by atoms with E-state index in [4.69, 9.17) is 9.15 Å². The van der Waals surface area contributed by atoms with Crippen molar-refractivity contribution in [3.05, 3.63) is 82.0 Å². The van der Waals surface area contributed by atoms with Crippen LogP contribution < -0.4 is 10.4 Å². The lowest BCUT2D eigenvalue weighted by Gasteiger charge is -2.04. The van der Waals surface area contributed by atoms with Crippen LogP contribution in [-0.4, -0.2) is 5.97 Å². The Labute approximate surface area is 136 Å². The third kappa shape index (κ3) is 3.41. The zero-order valence-corrected chi connectivity index (χ0v) is 12.8. The van der Waals surface area contributed by atoms with Gasteiger partial charge in [-0.1, -0.05) is 18.2 Å². The molecule has 0 spiro atoms. The number of halogens is 1. The van der Waals surface area contributed by atoms with E-state index in [1.54, 1.807) is 37.3 Å². The number of ether oxygens (including phenoxy) is 1. The van der Waals surface area contributed by atoms with E-state index in [2.05, 4.69) is 0 Å². The second-order valence-electron chi connectivity index (χ2n) is 5.18. The summed E-state index contributed by atoms with van der Waals surface area (Å²) in [5.41, 5.74) is 0.930. The van der Waals surface area contributed by atoms with Crippen LogP contribution in [0.2, 0.25) is 0 Å². The molecule has 0 saturated heterocycles. The number of benzene rings is 2. The smallest absolute Gasteiger partial charge is 0.336 e. The van der Waals surface area contributed by atoms with Crippen LogP contribution in [0.25, 0.3) is 17.0 Å². The molecule has 0 amide bonds. The molecule has 2 aromatic carbocycles. The largest absolute Gasteiger partial charge is 0.423 e. The van der Waals surface area contributed by atoms with Gasteiger partial charge in [-0.15, -0.1) is 0 Å². The van der Waals surface area contributed by atoms with Crippen LogP contribution >= 0.6 is 0 Å². The SMILES string of the molecule is Cc1cc(=O)oc2cc(OC(=O)/C=C/c3ccccc3F)ccc12. The lowest BCUT2D eigenvalue weighted by atomic mass is 10.1. The summed E-state index contributed by atoms with van der Waals surface area (Å²) in [6, 6.07) is 12.3. The van der Waals surface area contributed by atoms with Crippen molar-refractivity contribution >= 4 is 23.0 Å². The second-order valence-corrected chi connectivity index (χ2v) is 5.18. The van der Waals surface area contributed by atoms with Crippen LogP contribution in [-0.2, 0) is 4.79 Å². The highest BCUT2D eigenvalue weighted by atomic mass is 19.1. The molecule has 0 aliphatic heterocycles. The van der Waals surface area contributed by atoms with Gasteiger partial charge in [0.25, 0.3) is 0 Å². The minimum absolute atomic E-state index is 0.236. The number of hydrogen-bond acceptors (Lipinski definition) is 4. The topological polar surface area (TPSA) is 56.5 Å². The van der Waals surface area contributed by atoms with E-state index in [9.17, 15) is 14.0 Å². The van der Waals surface area contributed by atoms with E-state index in [0.717, 1.165) is 17.0 Å². The van der Waals surface area contributed by atoms with Gasteiger partial charge in [-0.25, -0.2) is 14.0 Å². The van der Waals surface area contributed by atoms with Crippen molar-refractivity contribution in [2.75, 3.05) is 0 Å². The molecule has 120 valence electrons. The van der Waals surface area contributed by atoms with Gasteiger partial charge in [0.05, 0.1) is 0 Å². The number of fused-ring (bicyclic) bond motifs is 1. The first-order chi connectivity index (χ1) is 11.5. The Morgan fingerprint density at radius 1 is 1.17 bits per heavy atom. The number of carbonyl (C=O) groups excluding carboxylic acids is 1. The Morgan fingerprint density at radius 2 is 1.96 bits per heavy atom. The molecule has 1 aromatic heterocycles. The van der Waals surface area contributed by atoms with Crippen molar-refractivity contribution in [1.29, 1.82) is 0 Å². The van der Waals surface area contributed by atoms with Gasteiger partial charge in [-0.05, 0) is 36.8 Å². The van der Waals surface area contributed by atoms with Gasteiger partial charge in [-0.2, -0.15) is 0 Å². The normalized spacial score (nSPS) is 11.1. The maximum Gasteiger partial charge on any atom is 0.336 e. The highest BCUT2D eigenvalue weighted by Gasteiger charge is 2.06. The van der Waals surface area contributed by atoms with Crippen LogP contribution in [0.5, 0.6) is 5.75 Å². The van der Waals surface area contributed by atoms with Crippen molar-refractivity contribution in [3.63, 3.8) is 0 Å². The van der Waals surface area contributed by atoms with Crippen LogP contribution in [0.4, 0.5) is 4.39 Å². The van der Waals surface area contributed by atoms with E-state index < -0.39 is 17.4 Å². The summed E-state index contributed by atoms with van der Waals surface area (Å²) in [5, 5.41) is 0.760. The van der Waals surface area contributed by atoms with Crippen molar-refractivity contribution in [2.24, 2.45) is 0 Å². The fraction of sp³-hybridized carbons (Fsp3) is 0.0526. The van der Waals surface area contributed by atoms with Gasteiger partial charge < -0.3 is 9.15 Å². The molecule has 0 fully saturated rings. The van der Waals surface area contributed by atoms with Crippen molar-refractivity contribution in [1.82, 2.24) is 0 Å². The zero-order valence-electron chi connectivity index (χ0n) is 12.8. The third-order valence-corrected chi connectivity index (χ3v) is 3.45. The molecule has 0 saturated carbocycles. The predicted octanol–water partition coefficient (Wildman–Crippen LogP) is 3.86. The molecule has 4 nitrogen and oxygen atoms in total. The highest BCUT2D eigenvalue weighted by Crippen LogP contribution is 2.22. The van der Waals surface area contributed by atoms with Gasteiger partial charge in [0.2, 0.25) is 0 Å². The minimum atomic E-state index is -0.660. The van der Waals surface area contributed by atoms with E-state index in [0.29, 0.717) is 5.58 Å². The van der Waals surface area contributed by atoms with Gasteiger partial charge in [0, 0.05) is 29.2 Å². The summed E-state index contributed by atoms with van der Waals surface area (Å²) in [6.45, 7) is 1.79. The number of carbonyl (C=O) groups is 1. The van der Waals surface area contributed by atoms with Crippen LogP contribution in [0, 0.1) is 12.7 Å². The van der Waals surface area contributed by atoms with Crippen LogP contribution in [0.15, 0.2) is 63.8 Å². The van der Waals surface area contributed by atoms with E-state index in [1.807, 2.05) is 0 Å². The summed E-state index contributed by atoms with van der Waals surface area (Å²) in [4.78, 5) is 23.3. The molecular formula is C19H13FO4. The average Bonchev–Trinajstić information content (AvgIpc) is 2.53.